The number of ether oxygens (including phenoxy) is 12. The van der Waals surface area contributed by atoms with Gasteiger partial charge in [-0.1, -0.05) is 33.8 Å². The van der Waals surface area contributed by atoms with Gasteiger partial charge in [0, 0.05) is 59.3 Å². The predicted octanol–water partition coefficient (Wildman–Crippen LogP) is 2.31. The molecule has 18 nitrogen and oxygen atoms in total. The summed E-state index contributed by atoms with van der Waals surface area (Å²) in [5.41, 5.74) is 0. The van der Waals surface area contributed by atoms with Crippen molar-refractivity contribution in [3.63, 3.8) is 0 Å². The molecular formula is C37H56O18. The van der Waals surface area contributed by atoms with Gasteiger partial charge in [0.15, 0.2) is 37.2 Å². The fourth-order valence-corrected chi connectivity index (χ4v) is 6.95. The number of carbonyl (C=O) groups is 6. The first kappa shape index (κ1) is 45.7. The van der Waals surface area contributed by atoms with Crippen molar-refractivity contribution in [3.05, 3.63) is 12.7 Å². The third-order valence-electron chi connectivity index (χ3n) is 9.46. The molecule has 0 aliphatic carbocycles. The molecule has 55 heavy (non-hydrogen) atoms. The van der Waals surface area contributed by atoms with Crippen molar-refractivity contribution in [3.8, 4) is 0 Å². The van der Waals surface area contributed by atoms with Crippen molar-refractivity contribution in [1.29, 1.82) is 0 Å². The minimum absolute atomic E-state index is 0.00361. The van der Waals surface area contributed by atoms with Gasteiger partial charge in [0.25, 0.3) is 0 Å². The molecule has 0 aromatic carbocycles. The number of carbonyl (C=O) groups excluding carboxylic acids is 6. The topological polar surface area (TPSA) is 213 Å². The second-order valence-electron chi connectivity index (χ2n) is 13.8. The van der Waals surface area contributed by atoms with Crippen LogP contribution in [0.25, 0.3) is 0 Å². The first-order chi connectivity index (χ1) is 25.9. The highest BCUT2D eigenvalue weighted by Crippen LogP contribution is 2.37. The van der Waals surface area contributed by atoms with Crippen LogP contribution in [0.3, 0.4) is 0 Å². The van der Waals surface area contributed by atoms with Crippen molar-refractivity contribution in [2.75, 3.05) is 19.8 Å². The summed E-state index contributed by atoms with van der Waals surface area (Å²) in [4.78, 5) is 73.2. The fourth-order valence-electron chi connectivity index (χ4n) is 6.95. The van der Waals surface area contributed by atoms with Gasteiger partial charge in [-0.15, -0.1) is 6.58 Å². The Kier molecular flexibility index (Phi) is 17.5. The van der Waals surface area contributed by atoms with Gasteiger partial charge in [0.1, 0.15) is 18.3 Å². The predicted molar refractivity (Wildman–Crippen MR) is 185 cm³/mol. The summed E-state index contributed by atoms with van der Waals surface area (Å²) in [7, 11) is 0. The molecule has 3 saturated heterocycles. The molecule has 3 aliphatic heterocycles. The lowest BCUT2D eigenvalue weighted by Gasteiger charge is -2.47. The van der Waals surface area contributed by atoms with Gasteiger partial charge in [-0.3, -0.25) is 28.8 Å². The van der Waals surface area contributed by atoms with Crippen molar-refractivity contribution >= 4 is 35.8 Å². The first-order valence-electron chi connectivity index (χ1n) is 18.3. The van der Waals surface area contributed by atoms with Crippen LogP contribution in [0.4, 0.5) is 0 Å². The summed E-state index contributed by atoms with van der Waals surface area (Å²) in [6, 6.07) is 0. The molecule has 3 rings (SSSR count). The second-order valence-corrected chi connectivity index (χ2v) is 13.8. The quantitative estimate of drug-likeness (QED) is 0.125. The number of hydrogen-bond donors (Lipinski definition) is 0. The van der Waals surface area contributed by atoms with E-state index in [9.17, 15) is 28.8 Å². The fraction of sp³-hybridized carbons (Fsp3) is 0.784. The standard InChI is InChI=1S/C37H56O18/c1-12-14-44-35-32(50-23(9)41)30(48-21(7)39)18(4)27(54-35)15-46-37-34(52-25(11)43)31(49-22(8)40)19(5)28(55-37)16-45-36-33(51-24(10)42)29(47-20(6)38)17(3)26(13-2)53-36/h12,17-19,26-37H,1,13-16H2,2-11H3/t17-,18-,19-,26-,27-,28-,29+,30+,31+,32-,33-,34-,35?,36-,37-/m1/s1. The Bertz CT molecular complexity index is 1350. The maximum absolute atomic E-state index is 12.4. The van der Waals surface area contributed by atoms with Crippen LogP contribution >= 0.6 is 0 Å². The molecule has 3 aliphatic rings. The monoisotopic (exact) mass is 788 g/mol. The van der Waals surface area contributed by atoms with Crippen LogP contribution in [0.1, 0.15) is 75.7 Å². The molecule has 15 atom stereocenters. The van der Waals surface area contributed by atoms with Crippen LogP contribution in [0, 0.1) is 17.8 Å². The van der Waals surface area contributed by atoms with Gasteiger partial charge >= 0.3 is 35.8 Å². The lowest BCUT2D eigenvalue weighted by Crippen LogP contribution is -2.61. The highest BCUT2D eigenvalue weighted by Gasteiger charge is 2.53. The van der Waals surface area contributed by atoms with Gasteiger partial charge in [0.05, 0.1) is 38.1 Å². The van der Waals surface area contributed by atoms with Crippen LogP contribution in [-0.4, -0.2) is 129 Å². The molecule has 0 spiro atoms. The van der Waals surface area contributed by atoms with E-state index in [0.717, 1.165) is 0 Å². The van der Waals surface area contributed by atoms with Crippen LogP contribution in [-0.2, 0) is 85.6 Å². The summed E-state index contributed by atoms with van der Waals surface area (Å²) in [6.07, 6.45) is -10.5. The summed E-state index contributed by atoms with van der Waals surface area (Å²) in [6.45, 7) is 17.5. The molecule has 0 bridgehead atoms. The van der Waals surface area contributed by atoms with E-state index in [2.05, 4.69) is 6.58 Å². The largest absolute Gasteiger partial charge is 0.458 e. The third kappa shape index (κ3) is 12.7. The Balaban J connectivity index is 1.93. The molecular weight excluding hydrogens is 732 g/mol. The first-order valence-corrected chi connectivity index (χ1v) is 18.3. The van der Waals surface area contributed by atoms with Crippen molar-refractivity contribution in [2.45, 2.75) is 149 Å². The molecule has 0 aromatic heterocycles. The molecule has 0 radical (unpaired) electrons. The lowest BCUT2D eigenvalue weighted by molar-refractivity contribution is -0.332. The summed E-state index contributed by atoms with van der Waals surface area (Å²) >= 11 is 0. The number of esters is 6. The molecule has 0 N–H and O–H groups in total. The normalized spacial score (nSPS) is 36.1. The summed E-state index contributed by atoms with van der Waals surface area (Å²) in [5, 5.41) is 0. The van der Waals surface area contributed by atoms with E-state index in [1.54, 1.807) is 13.8 Å². The van der Waals surface area contributed by atoms with Crippen LogP contribution < -0.4 is 0 Å². The third-order valence-corrected chi connectivity index (χ3v) is 9.46. The zero-order chi connectivity index (χ0) is 41.1. The van der Waals surface area contributed by atoms with E-state index in [4.69, 9.17) is 56.8 Å². The van der Waals surface area contributed by atoms with Crippen LogP contribution in [0.2, 0.25) is 0 Å². The van der Waals surface area contributed by atoms with E-state index in [0.29, 0.717) is 6.42 Å². The number of rotatable bonds is 16. The summed E-state index contributed by atoms with van der Waals surface area (Å²) < 4.78 is 70.5. The minimum Gasteiger partial charge on any atom is -0.458 e. The highest BCUT2D eigenvalue weighted by molar-refractivity contribution is 5.68. The van der Waals surface area contributed by atoms with Gasteiger partial charge in [-0.25, -0.2) is 0 Å². The molecule has 1 unspecified atom stereocenters. The van der Waals surface area contributed by atoms with E-state index < -0.39 is 121 Å². The van der Waals surface area contributed by atoms with Gasteiger partial charge in [-0.05, 0) is 6.42 Å². The van der Waals surface area contributed by atoms with E-state index in [1.807, 2.05) is 13.8 Å². The highest BCUT2D eigenvalue weighted by atomic mass is 16.8. The van der Waals surface area contributed by atoms with E-state index in [-0.39, 0.29) is 25.7 Å². The number of hydrogen-bond acceptors (Lipinski definition) is 18. The van der Waals surface area contributed by atoms with Gasteiger partial charge < -0.3 is 56.8 Å². The van der Waals surface area contributed by atoms with Gasteiger partial charge in [-0.2, -0.15) is 0 Å². The Hall–Kier alpha value is -3.68. The summed E-state index contributed by atoms with van der Waals surface area (Å²) in [5.74, 6) is -5.57. The van der Waals surface area contributed by atoms with Crippen molar-refractivity contribution < 1.29 is 85.6 Å². The van der Waals surface area contributed by atoms with E-state index >= 15 is 0 Å². The molecule has 3 heterocycles. The van der Waals surface area contributed by atoms with Crippen molar-refractivity contribution in [1.82, 2.24) is 0 Å². The molecule has 0 saturated carbocycles. The van der Waals surface area contributed by atoms with Crippen LogP contribution in [0.15, 0.2) is 12.7 Å². The Labute approximate surface area is 321 Å². The van der Waals surface area contributed by atoms with Gasteiger partial charge in [0.2, 0.25) is 0 Å². The average molecular weight is 789 g/mol. The SMILES string of the molecule is C=CCOC1O[C@H](CO[C@@H]2O[C@H](CO[C@@H]3O[C@H](CC)[C@@H](C)[C@H](OC(C)=O)[C@H]3OC(C)=O)[C@@H](C)[C@H](OC(C)=O)[C@H]2OC(C)=O)[C@@H](C)[C@H](OC(C)=O)[C@H]1OC(C)=O. The maximum Gasteiger partial charge on any atom is 0.303 e. The average Bonchev–Trinajstić information content (AvgIpc) is 3.08. The zero-order valence-electron chi connectivity index (χ0n) is 33.1. The van der Waals surface area contributed by atoms with Crippen molar-refractivity contribution in [2.24, 2.45) is 17.8 Å². The smallest absolute Gasteiger partial charge is 0.303 e. The van der Waals surface area contributed by atoms with E-state index in [1.165, 1.54) is 47.6 Å². The minimum atomic E-state index is -1.38. The molecule has 0 amide bonds. The molecule has 312 valence electrons. The lowest BCUT2D eigenvalue weighted by atomic mass is 9.88. The Morgan fingerprint density at radius 1 is 0.473 bits per heavy atom. The zero-order valence-corrected chi connectivity index (χ0v) is 33.1. The van der Waals surface area contributed by atoms with Crippen LogP contribution in [0.5, 0.6) is 0 Å². The Morgan fingerprint density at radius 2 is 0.745 bits per heavy atom. The molecule has 3 fully saturated rings. The molecule has 18 heteroatoms. The molecule has 0 aromatic rings. The second kappa shape index (κ2) is 21.0. The maximum atomic E-state index is 12.4. The Morgan fingerprint density at radius 3 is 1.04 bits per heavy atom.